The highest BCUT2D eigenvalue weighted by atomic mass is 16.4. The van der Waals surface area contributed by atoms with E-state index in [0.717, 1.165) is 18.9 Å². The van der Waals surface area contributed by atoms with E-state index in [2.05, 4.69) is 5.32 Å². The Labute approximate surface area is 66.8 Å². The van der Waals surface area contributed by atoms with E-state index in [-0.39, 0.29) is 6.54 Å². The average Bonchev–Trinajstić information content (AvgIpc) is 2.70. The fraction of sp³-hybridized carbons (Fsp3) is 0.875. The van der Waals surface area contributed by atoms with Crippen LogP contribution < -0.4 is 5.32 Å². The number of nitrogens with one attached hydrogen (secondary N) is 1. The minimum Gasteiger partial charge on any atom is -0.480 e. The van der Waals surface area contributed by atoms with Crippen LogP contribution in [0.3, 0.4) is 0 Å². The molecule has 11 heavy (non-hydrogen) atoms. The predicted molar refractivity (Wildman–Crippen MR) is 42.5 cm³/mol. The van der Waals surface area contributed by atoms with Gasteiger partial charge in [0, 0.05) is 0 Å². The quantitative estimate of drug-likeness (QED) is 0.562. The normalized spacial score (nSPS) is 16.7. The van der Waals surface area contributed by atoms with Crippen molar-refractivity contribution < 1.29 is 9.90 Å². The van der Waals surface area contributed by atoms with E-state index >= 15 is 0 Å². The van der Waals surface area contributed by atoms with Gasteiger partial charge in [0.15, 0.2) is 0 Å². The van der Waals surface area contributed by atoms with Crippen LogP contribution in [0.2, 0.25) is 0 Å². The van der Waals surface area contributed by atoms with Gasteiger partial charge in [-0.05, 0) is 25.3 Å². The lowest BCUT2D eigenvalue weighted by Crippen LogP contribution is -2.23. The molecular weight excluding hydrogens is 142 g/mol. The van der Waals surface area contributed by atoms with Gasteiger partial charge in [-0.3, -0.25) is 4.79 Å². The van der Waals surface area contributed by atoms with E-state index in [0.29, 0.717) is 0 Å². The average molecular weight is 157 g/mol. The molecule has 1 fully saturated rings. The van der Waals surface area contributed by atoms with Crippen LogP contribution in [-0.2, 0) is 4.79 Å². The molecule has 0 bridgehead atoms. The van der Waals surface area contributed by atoms with Gasteiger partial charge in [0.25, 0.3) is 0 Å². The van der Waals surface area contributed by atoms with Crippen LogP contribution in [0.5, 0.6) is 0 Å². The van der Waals surface area contributed by atoms with Gasteiger partial charge in [-0.2, -0.15) is 0 Å². The number of carbonyl (C=O) groups is 1. The molecule has 0 aromatic rings. The van der Waals surface area contributed by atoms with E-state index in [9.17, 15) is 4.79 Å². The lowest BCUT2D eigenvalue weighted by atomic mass is 10.2. The number of hydrogen-bond donors (Lipinski definition) is 2. The van der Waals surface area contributed by atoms with Crippen LogP contribution in [0.25, 0.3) is 0 Å². The van der Waals surface area contributed by atoms with Gasteiger partial charge in [0.1, 0.15) is 0 Å². The van der Waals surface area contributed by atoms with Crippen molar-refractivity contribution in [2.24, 2.45) is 5.92 Å². The molecular formula is C8H15NO2. The second-order valence-corrected chi connectivity index (χ2v) is 3.16. The Balaban J connectivity index is 1.76. The summed E-state index contributed by atoms with van der Waals surface area (Å²) in [5, 5.41) is 11.1. The third kappa shape index (κ3) is 4.79. The highest BCUT2D eigenvalue weighted by Crippen LogP contribution is 2.33. The van der Waals surface area contributed by atoms with E-state index in [1.54, 1.807) is 0 Å². The van der Waals surface area contributed by atoms with Gasteiger partial charge in [-0.15, -0.1) is 0 Å². The molecule has 1 saturated carbocycles. The summed E-state index contributed by atoms with van der Waals surface area (Å²) >= 11 is 0. The van der Waals surface area contributed by atoms with Gasteiger partial charge in [0.05, 0.1) is 6.54 Å². The summed E-state index contributed by atoms with van der Waals surface area (Å²) in [6.45, 7) is 0.952. The monoisotopic (exact) mass is 157 g/mol. The Bertz CT molecular complexity index is 132. The Morgan fingerprint density at radius 3 is 2.82 bits per heavy atom. The molecule has 0 amide bonds. The second kappa shape index (κ2) is 4.34. The fourth-order valence-electron chi connectivity index (χ4n) is 1.12. The van der Waals surface area contributed by atoms with Gasteiger partial charge >= 0.3 is 5.97 Å². The second-order valence-electron chi connectivity index (χ2n) is 3.16. The number of carboxylic acids is 1. The molecule has 0 atom stereocenters. The van der Waals surface area contributed by atoms with Crippen molar-refractivity contribution in [3.05, 3.63) is 0 Å². The van der Waals surface area contributed by atoms with Crippen molar-refractivity contribution >= 4 is 5.97 Å². The van der Waals surface area contributed by atoms with Crippen LogP contribution in [0.15, 0.2) is 0 Å². The molecule has 3 nitrogen and oxygen atoms in total. The third-order valence-electron chi connectivity index (χ3n) is 1.94. The van der Waals surface area contributed by atoms with Gasteiger partial charge < -0.3 is 10.4 Å². The molecule has 0 aliphatic heterocycles. The Morgan fingerprint density at radius 2 is 2.27 bits per heavy atom. The van der Waals surface area contributed by atoms with Gasteiger partial charge in [0.2, 0.25) is 0 Å². The topological polar surface area (TPSA) is 49.3 Å². The molecule has 0 heterocycles. The zero-order valence-corrected chi connectivity index (χ0v) is 6.68. The van der Waals surface area contributed by atoms with Crippen LogP contribution in [0, 0.1) is 5.92 Å². The summed E-state index contributed by atoms with van der Waals surface area (Å²) in [5.41, 5.74) is 0. The molecule has 1 rings (SSSR count). The number of carboxylic acid groups (broad SMARTS) is 1. The molecule has 0 radical (unpaired) electrons. The molecule has 1 aliphatic rings. The summed E-state index contributed by atoms with van der Waals surface area (Å²) in [6.07, 6.45) is 5.17. The third-order valence-corrected chi connectivity index (χ3v) is 1.94. The smallest absolute Gasteiger partial charge is 0.317 e. The standard InChI is InChI=1S/C8H15NO2/c10-8(11)6-9-5-1-2-7-3-4-7/h7,9H,1-6H2,(H,10,11). The Hall–Kier alpha value is -0.570. The summed E-state index contributed by atoms with van der Waals surface area (Å²) in [5.74, 6) is 0.193. The number of hydrogen-bond acceptors (Lipinski definition) is 2. The molecule has 0 spiro atoms. The first-order valence-corrected chi connectivity index (χ1v) is 4.21. The van der Waals surface area contributed by atoms with Gasteiger partial charge in [-0.25, -0.2) is 0 Å². The Kier molecular flexibility index (Phi) is 3.36. The minimum absolute atomic E-state index is 0.102. The summed E-state index contributed by atoms with van der Waals surface area (Å²) in [4.78, 5) is 10.0. The largest absolute Gasteiger partial charge is 0.480 e. The predicted octanol–water partition coefficient (Wildman–Crippen LogP) is 0.851. The molecule has 0 aromatic carbocycles. The van der Waals surface area contributed by atoms with Crippen molar-refractivity contribution in [1.82, 2.24) is 5.32 Å². The molecule has 3 heteroatoms. The zero-order valence-electron chi connectivity index (χ0n) is 6.68. The van der Waals surface area contributed by atoms with E-state index < -0.39 is 5.97 Å². The summed E-state index contributed by atoms with van der Waals surface area (Å²) < 4.78 is 0. The van der Waals surface area contributed by atoms with E-state index in [1.165, 1.54) is 19.3 Å². The Morgan fingerprint density at radius 1 is 1.55 bits per heavy atom. The highest BCUT2D eigenvalue weighted by Gasteiger charge is 2.19. The molecule has 0 aromatic heterocycles. The van der Waals surface area contributed by atoms with Crippen LogP contribution in [0.4, 0.5) is 0 Å². The number of rotatable bonds is 6. The lowest BCUT2D eigenvalue weighted by molar-refractivity contribution is -0.135. The first kappa shape index (κ1) is 8.53. The van der Waals surface area contributed by atoms with Gasteiger partial charge in [-0.1, -0.05) is 12.8 Å². The summed E-state index contributed by atoms with van der Waals surface area (Å²) in [6, 6.07) is 0. The first-order chi connectivity index (χ1) is 5.29. The van der Waals surface area contributed by atoms with Crippen LogP contribution in [0.1, 0.15) is 25.7 Å². The van der Waals surface area contributed by atoms with Crippen LogP contribution >= 0.6 is 0 Å². The van der Waals surface area contributed by atoms with E-state index in [1.807, 2.05) is 0 Å². The molecule has 2 N–H and O–H groups in total. The first-order valence-electron chi connectivity index (χ1n) is 4.21. The minimum atomic E-state index is -0.767. The molecule has 64 valence electrons. The molecule has 0 unspecified atom stereocenters. The zero-order chi connectivity index (χ0) is 8.10. The SMILES string of the molecule is O=C(O)CNCCCC1CC1. The highest BCUT2D eigenvalue weighted by molar-refractivity contribution is 5.68. The molecule has 1 aliphatic carbocycles. The number of aliphatic carboxylic acids is 1. The van der Waals surface area contributed by atoms with Crippen molar-refractivity contribution in [1.29, 1.82) is 0 Å². The van der Waals surface area contributed by atoms with Crippen molar-refractivity contribution in [2.45, 2.75) is 25.7 Å². The van der Waals surface area contributed by atoms with Crippen molar-refractivity contribution in [3.63, 3.8) is 0 Å². The maximum atomic E-state index is 10.0. The molecule has 0 saturated heterocycles. The van der Waals surface area contributed by atoms with Crippen LogP contribution in [-0.4, -0.2) is 24.2 Å². The van der Waals surface area contributed by atoms with Crippen molar-refractivity contribution in [2.75, 3.05) is 13.1 Å². The van der Waals surface area contributed by atoms with Crippen molar-refractivity contribution in [3.8, 4) is 0 Å². The fourth-order valence-corrected chi connectivity index (χ4v) is 1.12. The maximum Gasteiger partial charge on any atom is 0.317 e. The van der Waals surface area contributed by atoms with E-state index in [4.69, 9.17) is 5.11 Å². The maximum absolute atomic E-state index is 10.0. The lowest BCUT2D eigenvalue weighted by Gasteiger charge is -1.99. The summed E-state index contributed by atoms with van der Waals surface area (Å²) in [7, 11) is 0.